The highest BCUT2D eigenvalue weighted by Crippen LogP contribution is 2.24. The first kappa shape index (κ1) is 14.4. The van der Waals surface area contributed by atoms with Crippen LogP contribution in [0.4, 0.5) is 5.69 Å². The lowest BCUT2D eigenvalue weighted by molar-refractivity contribution is -0.113. The molecule has 0 fully saturated rings. The van der Waals surface area contributed by atoms with Gasteiger partial charge in [0.2, 0.25) is 5.91 Å². The molecule has 5 heteroatoms. The number of carbonyl (C=O) groups excluding carboxylic acids is 1. The van der Waals surface area contributed by atoms with Gasteiger partial charge in [-0.3, -0.25) is 4.79 Å². The van der Waals surface area contributed by atoms with E-state index in [-0.39, 0.29) is 11.2 Å². The van der Waals surface area contributed by atoms with Crippen molar-refractivity contribution in [3.05, 3.63) is 48.5 Å². The van der Waals surface area contributed by atoms with Crippen LogP contribution in [-0.2, 0) is 4.79 Å². The highest BCUT2D eigenvalue weighted by atomic mass is 79.9. The average Bonchev–Trinajstić information content (AvgIpc) is 2.50. The molecular weight excluding hydrogens is 322 g/mol. The van der Waals surface area contributed by atoms with Crippen molar-refractivity contribution in [3.63, 3.8) is 0 Å². The van der Waals surface area contributed by atoms with E-state index < -0.39 is 0 Å². The van der Waals surface area contributed by atoms with Crippen molar-refractivity contribution in [2.24, 2.45) is 0 Å². The van der Waals surface area contributed by atoms with Gasteiger partial charge in [0.15, 0.2) is 0 Å². The van der Waals surface area contributed by atoms with E-state index in [4.69, 9.17) is 9.47 Å². The van der Waals surface area contributed by atoms with Crippen molar-refractivity contribution < 1.29 is 14.3 Å². The minimum Gasteiger partial charge on any atom is -0.497 e. The van der Waals surface area contributed by atoms with E-state index >= 15 is 0 Å². The lowest BCUT2D eigenvalue weighted by Crippen LogP contribution is -2.11. The number of hydrogen-bond donors (Lipinski definition) is 1. The van der Waals surface area contributed by atoms with Crippen molar-refractivity contribution in [2.45, 2.75) is 0 Å². The van der Waals surface area contributed by atoms with Crippen LogP contribution in [0.1, 0.15) is 0 Å². The van der Waals surface area contributed by atoms with E-state index in [1.54, 1.807) is 31.4 Å². The van der Waals surface area contributed by atoms with Gasteiger partial charge in [-0.15, -0.1) is 0 Å². The first-order valence-corrected chi connectivity index (χ1v) is 7.11. The second kappa shape index (κ2) is 6.96. The van der Waals surface area contributed by atoms with Crippen molar-refractivity contribution in [1.82, 2.24) is 0 Å². The maximum atomic E-state index is 11.2. The fourth-order valence-electron chi connectivity index (χ4n) is 1.58. The molecule has 0 aromatic heterocycles. The normalized spacial score (nSPS) is 9.90. The molecule has 0 bridgehead atoms. The Hall–Kier alpha value is -2.01. The molecule has 20 heavy (non-hydrogen) atoms. The second-order valence-corrected chi connectivity index (χ2v) is 4.54. The van der Waals surface area contributed by atoms with Crippen LogP contribution in [0.5, 0.6) is 17.2 Å². The lowest BCUT2D eigenvalue weighted by Gasteiger charge is -2.08. The van der Waals surface area contributed by atoms with Gasteiger partial charge < -0.3 is 14.8 Å². The highest BCUT2D eigenvalue weighted by molar-refractivity contribution is 9.09. The minimum absolute atomic E-state index is 0.0891. The Balaban J connectivity index is 2.00. The zero-order valence-electron chi connectivity index (χ0n) is 10.9. The number of alkyl halides is 1. The molecule has 0 spiro atoms. The first-order valence-electron chi connectivity index (χ1n) is 5.99. The maximum Gasteiger partial charge on any atom is 0.235 e. The predicted molar refractivity (Wildman–Crippen MR) is 81.9 cm³/mol. The van der Waals surface area contributed by atoms with Crippen LogP contribution >= 0.6 is 15.9 Å². The molecule has 0 aliphatic heterocycles. The van der Waals surface area contributed by atoms with Crippen molar-refractivity contribution in [2.75, 3.05) is 17.8 Å². The molecule has 0 aliphatic carbocycles. The molecule has 0 radical (unpaired) electrons. The smallest absolute Gasteiger partial charge is 0.235 e. The summed E-state index contributed by atoms with van der Waals surface area (Å²) in [7, 11) is 1.62. The molecule has 0 atom stereocenters. The third kappa shape index (κ3) is 3.99. The number of halogens is 1. The van der Waals surface area contributed by atoms with Gasteiger partial charge in [0.25, 0.3) is 0 Å². The molecule has 2 rings (SSSR count). The van der Waals surface area contributed by atoms with Gasteiger partial charge in [-0.1, -0.05) is 15.9 Å². The third-order valence-corrected chi connectivity index (χ3v) is 3.06. The predicted octanol–water partition coefficient (Wildman–Crippen LogP) is 3.82. The first-order chi connectivity index (χ1) is 9.71. The molecule has 0 saturated carbocycles. The number of ether oxygens (including phenoxy) is 2. The number of nitrogens with one attached hydrogen (secondary N) is 1. The Kier molecular flexibility index (Phi) is 5.01. The molecule has 0 heterocycles. The second-order valence-electron chi connectivity index (χ2n) is 3.98. The van der Waals surface area contributed by atoms with Gasteiger partial charge in [0.05, 0.1) is 12.4 Å². The van der Waals surface area contributed by atoms with Crippen molar-refractivity contribution in [3.8, 4) is 17.2 Å². The third-order valence-electron chi connectivity index (χ3n) is 2.55. The van der Waals surface area contributed by atoms with Crippen molar-refractivity contribution in [1.29, 1.82) is 0 Å². The number of methoxy groups -OCH3 is 1. The summed E-state index contributed by atoms with van der Waals surface area (Å²) in [5.41, 5.74) is 0.733. The molecule has 0 aliphatic rings. The summed E-state index contributed by atoms with van der Waals surface area (Å²) in [6, 6.07) is 14.5. The molecular formula is C15H14BrNO3. The van der Waals surface area contributed by atoms with E-state index in [1.165, 1.54) is 0 Å². The Morgan fingerprint density at radius 1 is 1.00 bits per heavy atom. The van der Waals surface area contributed by atoms with Crippen LogP contribution in [0.2, 0.25) is 0 Å². The summed E-state index contributed by atoms with van der Waals surface area (Å²) in [6.07, 6.45) is 0. The standard InChI is InChI=1S/C15H14BrNO3/c1-19-12-6-8-14(9-7-12)20-13-4-2-11(3-5-13)17-15(18)10-16/h2-9H,10H2,1H3,(H,17,18). The Morgan fingerprint density at radius 3 is 2.00 bits per heavy atom. The Morgan fingerprint density at radius 2 is 1.50 bits per heavy atom. The van der Waals surface area contributed by atoms with Crippen LogP contribution in [0.25, 0.3) is 0 Å². The zero-order valence-corrected chi connectivity index (χ0v) is 12.5. The Labute approximate surface area is 125 Å². The number of carbonyl (C=O) groups is 1. The molecule has 2 aromatic carbocycles. The number of benzene rings is 2. The van der Waals surface area contributed by atoms with E-state index in [0.717, 1.165) is 17.2 Å². The van der Waals surface area contributed by atoms with Gasteiger partial charge in [0, 0.05) is 5.69 Å². The summed E-state index contributed by atoms with van der Waals surface area (Å²) < 4.78 is 10.8. The van der Waals surface area contributed by atoms with Crippen LogP contribution in [0.15, 0.2) is 48.5 Å². The quantitative estimate of drug-likeness (QED) is 0.845. The maximum absolute atomic E-state index is 11.2. The van der Waals surface area contributed by atoms with Gasteiger partial charge in [-0.25, -0.2) is 0 Å². The minimum atomic E-state index is -0.0891. The van der Waals surface area contributed by atoms with Gasteiger partial charge in [-0.2, -0.15) is 0 Å². The zero-order chi connectivity index (χ0) is 14.4. The van der Waals surface area contributed by atoms with Gasteiger partial charge >= 0.3 is 0 Å². The molecule has 2 aromatic rings. The van der Waals surface area contributed by atoms with Crippen LogP contribution in [-0.4, -0.2) is 18.3 Å². The Bertz CT molecular complexity index is 567. The van der Waals surface area contributed by atoms with E-state index in [1.807, 2.05) is 24.3 Å². The fourth-order valence-corrected chi connectivity index (χ4v) is 1.72. The monoisotopic (exact) mass is 335 g/mol. The summed E-state index contributed by atoms with van der Waals surface area (Å²) >= 11 is 3.10. The summed E-state index contributed by atoms with van der Waals surface area (Å²) in [5.74, 6) is 2.12. The van der Waals surface area contributed by atoms with Crippen LogP contribution in [0.3, 0.4) is 0 Å². The highest BCUT2D eigenvalue weighted by Gasteiger charge is 2.01. The molecule has 1 N–H and O–H groups in total. The van der Waals surface area contributed by atoms with Gasteiger partial charge in [0.1, 0.15) is 17.2 Å². The van der Waals surface area contributed by atoms with Crippen LogP contribution in [0, 0.1) is 0 Å². The fraction of sp³-hybridized carbons (Fsp3) is 0.133. The molecule has 1 amide bonds. The van der Waals surface area contributed by atoms with Crippen molar-refractivity contribution >= 4 is 27.5 Å². The van der Waals surface area contributed by atoms with E-state index in [0.29, 0.717) is 5.75 Å². The number of anilines is 1. The number of amides is 1. The van der Waals surface area contributed by atoms with E-state index in [2.05, 4.69) is 21.2 Å². The topological polar surface area (TPSA) is 47.6 Å². The molecule has 4 nitrogen and oxygen atoms in total. The largest absolute Gasteiger partial charge is 0.497 e. The average molecular weight is 336 g/mol. The molecule has 0 unspecified atom stereocenters. The number of rotatable bonds is 5. The molecule has 104 valence electrons. The number of hydrogen-bond acceptors (Lipinski definition) is 3. The molecule has 0 saturated heterocycles. The van der Waals surface area contributed by atoms with Crippen LogP contribution < -0.4 is 14.8 Å². The summed E-state index contributed by atoms with van der Waals surface area (Å²) in [4.78, 5) is 11.2. The van der Waals surface area contributed by atoms with E-state index in [9.17, 15) is 4.79 Å². The lowest BCUT2D eigenvalue weighted by atomic mass is 10.3. The van der Waals surface area contributed by atoms with Gasteiger partial charge in [-0.05, 0) is 48.5 Å². The summed E-state index contributed by atoms with van der Waals surface area (Å²) in [6.45, 7) is 0. The summed E-state index contributed by atoms with van der Waals surface area (Å²) in [5, 5.41) is 3.01. The SMILES string of the molecule is COc1ccc(Oc2ccc(NC(=O)CBr)cc2)cc1.